The van der Waals surface area contributed by atoms with Crippen molar-refractivity contribution in [3.05, 3.63) is 0 Å². The van der Waals surface area contributed by atoms with Gasteiger partial charge in [-0.3, -0.25) is 14.4 Å². The zero-order valence-electron chi connectivity index (χ0n) is 34.3. The molecule has 0 aromatic rings. The van der Waals surface area contributed by atoms with Gasteiger partial charge in [-0.25, -0.2) is 0 Å². The minimum atomic E-state index is -2.08. The SMILES string of the molecule is CC(=O)N[C@H]1[C@H]2O[C@@H]3[C@@H](O)[C@H](C)O[C@@H](OC[C@H]4O[C@H](O[C@H]5[C@H](O)[C@@H](O)[C@@H](O[C@H]6[C@@H](O)[C@@H](CO)O[C@H](O[C@@H]([C@@H]1O)[C@@H](C)O2)[C@@H]6NC(C)=O)O[C@@H]5CO)[C@H](NC(C)=O)[C@@H](O)[C@@H]4O)[C@@H]3O. The first kappa shape index (κ1) is 49.1. The van der Waals surface area contributed by atoms with E-state index in [0.717, 1.165) is 20.8 Å². The lowest BCUT2D eigenvalue weighted by Crippen LogP contribution is -2.71. The molecule has 26 heteroatoms. The molecule has 8 aliphatic rings. The van der Waals surface area contributed by atoms with Crippen LogP contribution in [0.25, 0.3) is 0 Å². The lowest BCUT2D eigenvalue weighted by atomic mass is 9.93. The van der Waals surface area contributed by atoms with Gasteiger partial charge in [0.2, 0.25) is 17.7 Å². The Bertz CT molecular complexity index is 1540. The normalized spacial score (nSPS) is 50.3. The van der Waals surface area contributed by atoms with E-state index in [1.54, 1.807) is 0 Å². The molecule has 8 fully saturated rings. The predicted molar refractivity (Wildman–Crippen MR) is 195 cm³/mol. The minimum absolute atomic E-state index is 0.672. The Balaban J connectivity index is 1.42. The zero-order valence-corrected chi connectivity index (χ0v) is 34.3. The molecule has 0 spiro atoms. The number of carbonyl (C=O) groups is 3. The van der Waals surface area contributed by atoms with Crippen LogP contribution in [0, 0.1) is 0 Å². The molecule has 3 amide bonds. The van der Waals surface area contributed by atoms with Crippen LogP contribution in [0.2, 0.25) is 0 Å². The molecule has 8 heterocycles. The molecular formula is C36H59N3O23. The minimum Gasteiger partial charge on any atom is -0.394 e. The largest absolute Gasteiger partial charge is 0.394 e. The van der Waals surface area contributed by atoms with Gasteiger partial charge < -0.3 is 114 Å². The van der Waals surface area contributed by atoms with Crippen molar-refractivity contribution in [1.29, 1.82) is 0 Å². The van der Waals surface area contributed by atoms with Crippen LogP contribution in [0.4, 0.5) is 0 Å². The van der Waals surface area contributed by atoms with Gasteiger partial charge in [0.05, 0.1) is 32.0 Å². The second-order valence-corrected chi connectivity index (χ2v) is 16.3. The van der Waals surface area contributed by atoms with Crippen molar-refractivity contribution in [3.8, 4) is 0 Å². The fraction of sp³-hybridized carbons (Fsp3) is 0.917. The number of nitrogens with one attached hydrogen (secondary N) is 3. The number of rotatable bonds is 5. The number of aliphatic hydroxyl groups is 10. The van der Waals surface area contributed by atoms with E-state index in [4.69, 9.17) is 47.4 Å². The van der Waals surface area contributed by atoms with Crippen LogP contribution in [0.1, 0.15) is 34.6 Å². The molecule has 0 unspecified atom stereocenters. The Morgan fingerprint density at radius 1 is 0.435 bits per heavy atom. The second kappa shape index (κ2) is 20.4. The number of hydrogen-bond donors (Lipinski definition) is 13. The molecule has 62 heavy (non-hydrogen) atoms. The second-order valence-electron chi connectivity index (χ2n) is 16.3. The van der Waals surface area contributed by atoms with E-state index in [1.807, 2.05) is 0 Å². The third-order valence-corrected chi connectivity index (χ3v) is 11.7. The smallest absolute Gasteiger partial charge is 0.217 e. The quantitative estimate of drug-likeness (QED) is 0.122. The Morgan fingerprint density at radius 3 is 1.55 bits per heavy atom. The van der Waals surface area contributed by atoms with Crippen molar-refractivity contribution < 1.29 is 113 Å². The number of aliphatic hydroxyl groups excluding tert-OH is 10. The summed E-state index contributed by atoms with van der Waals surface area (Å²) in [7, 11) is 0. The molecule has 10 bridgehead atoms. The molecule has 13 N–H and O–H groups in total. The third kappa shape index (κ3) is 10.2. The molecule has 25 atom stereocenters. The number of carbonyl (C=O) groups excluding carboxylic acids is 3. The van der Waals surface area contributed by atoms with Crippen LogP contribution in [-0.2, 0) is 61.8 Å². The lowest BCUT2D eigenvalue weighted by molar-refractivity contribution is -0.372. The van der Waals surface area contributed by atoms with Crippen LogP contribution in [-0.4, -0.2) is 242 Å². The summed E-state index contributed by atoms with van der Waals surface area (Å²) >= 11 is 0. The maximum absolute atomic E-state index is 12.6. The van der Waals surface area contributed by atoms with Crippen molar-refractivity contribution in [2.45, 2.75) is 188 Å². The first-order valence-electron chi connectivity index (χ1n) is 20.2. The molecule has 26 nitrogen and oxygen atoms in total. The Kier molecular flexibility index (Phi) is 16.2. The Labute approximate surface area is 354 Å². The predicted octanol–water partition coefficient (Wildman–Crippen LogP) is -8.39. The van der Waals surface area contributed by atoms with Gasteiger partial charge in [-0.2, -0.15) is 0 Å². The van der Waals surface area contributed by atoms with Gasteiger partial charge >= 0.3 is 0 Å². The summed E-state index contributed by atoms with van der Waals surface area (Å²) in [5.74, 6) is -2.13. The number of amides is 3. The van der Waals surface area contributed by atoms with Crippen molar-refractivity contribution >= 4 is 17.7 Å². The standard InChI is InChI=1S/C36H59N3O23/c1-9-20(45)31-27(52)35(54-9)53-8-16-21(46)23(48)17(37-11(3)42)33(58-16)60-29-15(7-41)57-36(26(51)25(29)50)61-30-19(39-13(5)44)34(56-14(6-40)22(30)47)59-28-10(2)55-32(62-31)18(24(28)49)38-12(4)43/h9-10,14-36,40-41,45-52H,6-8H2,1-5H3,(H,37,42)(H,38,43)(H,39,44)/t9-,10+,14+,15+,16+,17+,18+,19+,20-,21+,22-,23+,24+,25+,26+,27+,28+,29+,30+,31+,32+,33+,34+,35+,36+/m0/s1. The number of fused-ring (bicyclic) bond motifs is 2. The summed E-state index contributed by atoms with van der Waals surface area (Å²) in [5, 5.41) is 119. The summed E-state index contributed by atoms with van der Waals surface area (Å²) in [6.07, 6.45) is -37.0. The molecule has 0 saturated carbocycles. The van der Waals surface area contributed by atoms with Crippen LogP contribution in [0.5, 0.6) is 0 Å². The molecule has 8 aliphatic heterocycles. The maximum atomic E-state index is 12.6. The number of hydrogen-bond acceptors (Lipinski definition) is 23. The van der Waals surface area contributed by atoms with Gasteiger partial charge in [0.1, 0.15) is 110 Å². The molecule has 356 valence electrons. The van der Waals surface area contributed by atoms with E-state index >= 15 is 0 Å². The van der Waals surface area contributed by atoms with Gasteiger partial charge in [-0.15, -0.1) is 0 Å². The summed E-state index contributed by atoms with van der Waals surface area (Å²) in [6, 6.07) is -4.61. The summed E-state index contributed by atoms with van der Waals surface area (Å²) in [4.78, 5) is 37.4. The molecule has 0 radical (unpaired) electrons. The van der Waals surface area contributed by atoms with E-state index < -0.39 is 191 Å². The maximum Gasteiger partial charge on any atom is 0.217 e. The van der Waals surface area contributed by atoms with E-state index in [2.05, 4.69) is 16.0 Å². The highest BCUT2D eigenvalue weighted by Gasteiger charge is 2.57. The van der Waals surface area contributed by atoms with Crippen LogP contribution < -0.4 is 16.0 Å². The van der Waals surface area contributed by atoms with Gasteiger partial charge in [0, 0.05) is 20.8 Å². The van der Waals surface area contributed by atoms with E-state index in [9.17, 15) is 65.4 Å². The van der Waals surface area contributed by atoms with E-state index in [-0.39, 0.29) is 0 Å². The van der Waals surface area contributed by atoms with Crippen molar-refractivity contribution in [3.63, 3.8) is 0 Å². The fourth-order valence-corrected chi connectivity index (χ4v) is 8.46. The molecule has 0 aromatic carbocycles. The van der Waals surface area contributed by atoms with Crippen molar-refractivity contribution in [2.24, 2.45) is 0 Å². The fourth-order valence-electron chi connectivity index (χ4n) is 8.46. The lowest BCUT2D eigenvalue weighted by Gasteiger charge is -2.50. The Hall–Kier alpha value is -2.39. The van der Waals surface area contributed by atoms with Crippen molar-refractivity contribution in [2.75, 3.05) is 19.8 Å². The van der Waals surface area contributed by atoms with Gasteiger partial charge in [0.15, 0.2) is 31.5 Å². The molecule has 0 aliphatic carbocycles. The average molecular weight is 902 g/mol. The molecular weight excluding hydrogens is 842 g/mol. The zero-order chi connectivity index (χ0) is 45.5. The third-order valence-electron chi connectivity index (χ3n) is 11.7. The van der Waals surface area contributed by atoms with Gasteiger partial charge in [0.25, 0.3) is 0 Å². The topological polar surface area (TPSA) is 382 Å². The highest BCUT2D eigenvalue weighted by Crippen LogP contribution is 2.36. The highest BCUT2D eigenvalue weighted by atomic mass is 16.8. The van der Waals surface area contributed by atoms with Crippen molar-refractivity contribution in [1.82, 2.24) is 16.0 Å². The summed E-state index contributed by atoms with van der Waals surface area (Å²) < 4.78 is 59.6. The first-order valence-corrected chi connectivity index (χ1v) is 20.2. The highest BCUT2D eigenvalue weighted by molar-refractivity contribution is 5.74. The van der Waals surface area contributed by atoms with Gasteiger partial charge in [-0.05, 0) is 13.8 Å². The van der Waals surface area contributed by atoms with Gasteiger partial charge in [-0.1, -0.05) is 0 Å². The van der Waals surface area contributed by atoms with Crippen LogP contribution in [0.15, 0.2) is 0 Å². The average Bonchev–Trinajstić information content (AvgIpc) is 3.21. The first-order chi connectivity index (χ1) is 29.2. The molecule has 8 saturated heterocycles. The monoisotopic (exact) mass is 901 g/mol. The Morgan fingerprint density at radius 2 is 0.935 bits per heavy atom. The van der Waals surface area contributed by atoms with E-state index in [1.165, 1.54) is 13.8 Å². The summed E-state index contributed by atoms with van der Waals surface area (Å²) in [5.41, 5.74) is 0. The molecule has 8 rings (SSSR count). The molecule has 0 aromatic heterocycles. The summed E-state index contributed by atoms with van der Waals surface area (Å²) in [6.45, 7) is 3.68. The van der Waals surface area contributed by atoms with Crippen LogP contribution >= 0.6 is 0 Å². The van der Waals surface area contributed by atoms with Crippen LogP contribution in [0.3, 0.4) is 0 Å². The number of ether oxygens (including phenoxy) is 10. The van der Waals surface area contributed by atoms with E-state index in [0.29, 0.717) is 0 Å².